The van der Waals surface area contributed by atoms with Crippen LogP contribution in [0.4, 0.5) is 5.82 Å². The Morgan fingerprint density at radius 2 is 1.89 bits per heavy atom. The maximum atomic E-state index is 14.1. The lowest BCUT2D eigenvalue weighted by Gasteiger charge is -2.31. The maximum absolute atomic E-state index is 14.1. The van der Waals surface area contributed by atoms with E-state index in [1.165, 1.54) is 0 Å². The van der Waals surface area contributed by atoms with Crippen molar-refractivity contribution in [1.82, 2.24) is 30.3 Å². The van der Waals surface area contributed by atoms with Crippen molar-refractivity contribution in [2.24, 2.45) is 0 Å². The number of nitrogens with zero attached hydrogens (tertiary/aromatic N) is 6. The number of pyridine rings is 2. The van der Waals surface area contributed by atoms with E-state index in [1.54, 1.807) is 17.1 Å². The molecule has 1 fully saturated rings. The highest BCUT2D eigenvalue weighted by molar-refractivity contribution is 6.10. The number of carbonyl (C=O) groups excluding carboxylic acids is 1. The second-order valence-corrected chi connectivity index (χ2v) is 9.23. The minimum absolute atomic E-state index is 0.0147. The predicted octanol–water partition coefficient (Wildman–Crippen LogP) is 4.46. The SMILES string of the molecule is Cc1cccc2ccnc(N(C(=O)c3ccc(-n4nnc5cccnc54)cc3)[C@H]3CCCCNC3)c12. The summed E-state index contributed by atoms with van der Waals surface area (Å²) in [5.74, 6) is 0.667. The van der Waals surface area contributed by atoms with Gasteiger partial charge in [0.25, 0.3) is 5.91 Å². The molecule has 8 nitrogen and oxygen atoms in total. The molecule has 180 valence electrons. The van der Waals surface area contributed by atoms with Gasteiger partial charge in [0, 0.05) is 29.9 Å². The van der Waals surface area contributed by atoms with Crippen molar-refractivity contribution < 1.29 is 4.79 Å². The number of benzene rings is 2. The lowest BCUT2D eigenvalue weighted by molar-refractivity contribution is 0.0975. The molecule has 1 aliphatic rings. The highest BCUT2D eigenvalue weighted by Crippen LogP contribution is 2.31. The third-order valence-electron chi connectivity index (χ3n) is 6.88. The zero-order valence-electron chi connectivity index (χ0n) is 20.1. The number of aromatic nitrogens is 5. The number of fused-ring (bicyclic) bond motifs is 2. The Kier molecular flexibility index (Phi) is 5.87. The quantitative estimate of drug-likeness (QED) is 0.411. The van der Waals surface area contributed by atoms with Gasteiger partial charge in [0.05, 0.1) is 11.7 Å². The summed E-state index contributed by atoms with van der Waals surface area (Å²) >= 11 is 0. The zero-order chi connectivity index (χ0) is 24.5. The first-order chi connectivity index (χ1) is 17.7. The van der Waals surface area contributed by atoms with Crippen LogP contribution in [0, 0.1) is 6.92 Å². The van der Waals surface area contributed by atoms with Gasteiger partial charge in [0.1, 0.15) is 11.3 Å². The minimum Gasteiger partial charge on any atom is -0.315 e. The van der Waals surface area contributed by atoms with E-state index < -0.39 is 0 Å². The Morgan fingerprint density at radius 1 is 1.00 bits per heavy atom. The van der Waals surface area contributed by atoms with E-state index >= 15 is 0 Å². The van der Waals surface area contributed by atoms with Gasteiger partial charge in [-0.1, -0.05) is 29.8 Å². The number of anilines is 1. The summed E-state index contributed by atoms with van der Waals surface area (Å²) in [6.45, 7) is 3.78. The summed E-state index contributed by atoms with van der Waals surface area (Å²) in [6.07, 6.45) is 6.62. The molecule has 0 radical (unpaired) electrons. The van der Waals surface area contributed by atoms with Gasteiger partial charge in [-0.25, -0.2) is 9.97 Å². The monoisotopic (exact) mass is 477 g/mol. The highest BCUT2D eigenvalue weighted by Gasteiger charge is 2.30. The smallest absolute Gasteiger partial charge is 0.259 e. The molecule has 0 unspecified atom stereocenters. The third kappa shape index (κ3) is 3.99. The lowest BCUT2D eigenvalue weighted by atomic mass is 10.0. The van der Waals surface area contributed by atoms with Gasteiger partial charge in [-0.2, -0.15) is 4.68 Å². The fourth-order valence-corrected chi connectivity index (χ4v) is 5.05. The topological polar surface area (TPSA) is 88.8 Å². The van der Waals surface area contributed by atoms with Crippen molar-refractivity contribution in [2.45, 2.75) is 32.2 Å². The molecule has 0 bridgehead atoms. The molecule has 8 heteroatoms. The molecule has 0 spiro atoms. The fraction of sp³-hybridized carbons (Fsp3) is 0.250. The first-order valence-electron chi connectivity index (χ1n) is 12.4. The van der Waals surface area contributed by atoms with E-state index in [2.05, 4.69) is 39.7 Å². The van der Waals surface area contributed by atoms with Gasteiger partial charge >= 0.3 is 0 Å². The first-order valence-corrected chi connectivity index (χ1v) is 12.4. The summed E-state index contributed by atoms with van der Waals surface area (Å²) in [5, 5.41) is 14.0. The summed E-state index contributed by atoms with van der Waals surface area (Å²) in [6, 6.07) is 19.4. The number of aryl methyl sites for hydroxylation is 1. The van der Waals surface area contributed by atoms with Crippen molar-refractivity contribution in [3.8, 4) is 5.69 Å². The maximum Gasteiger partial charge on any atom is 0.259 e. The number of rotatable bonds is 4. The summed E-state index contributed by atoms with van der Waals surface area (Å²) < 4.78 is 1.69. The van der Waals surface area contributed by atoms with Crippen LogP contribution in [-0.2, 0) is 0 Å². The van der Waals surface area contributed by atoms with Crippen LogP contribution < -0.4 is 10.2 Å². The largest absolute Gasteiger partial charge is 0.315 e. The van der Waals surface area contributed by atoms with Crippen LogP contribution in [0.2, 0.25) is 0 Å². The van der Waals surface area contributed by atoms with E-state index in [0.29, 0.717) is 11.2 Å². The molecule has 36 heavy (non-hydrogen) atoms. The van der Waals surface area contributed by atoms with Crippen LogP contribution in [-0.4, -0.2) is 50.0 Å². The molecule has 1 N–H and O–H groups in total. The van der Waals surface area contributed by atoms with Crippen LogP contribution in [0.3, 0.4) is 0 Å². The van der Waals surface area contributed by atoms with Crippen molar-refractivity contribution in [2.75, 3.05) is 18.0 Å². The van der Waals surface area contributed by atoms with Crippen LogP contribution in [0.1, 0.15) is 35.2 Å². The molecule has 0 aliphatic carbocycles. The number of nitrogens with one attached hydrogen (secondary N) is 1. The Labute approximate surface area is 209 Å². The van der Waals surface area contributed by atoms with Gasteiger partial charge in [-0.3, -0.25) is 9.69 Å². The van der Waals surface area contributed by atoms with E-state index in [1.807, 2.05) is 53.4 Å². The molecule has 1 saturated heterocycles. The molecule has 1 aliphatic heterocycles. The molecular weight excluding hydrogens is 450 g/mol. The van der Waals surface area contributed by atoms with E-state index in [4.69, 9.17) is 4.98 Å². The van der Waals surface area contributed by atoms with Gasteiger partial charge in [0.15, 0.2) is 5.65 Å². The van der Waals surface area contributed by atoms with Gasteiger partial charge < -0.3 is 5.32 Å². The molecule has 5 aromatic rings. The molecule has 1 amide bonds. The van der Waals surface area contributed by atoms with Crippen LogP contribution in [0.15, 0.2) is 73.1 Å². The number of hydrogen-bond donors (Lipinski definition) is 1. The average molecular weight is 478 g/mol. The number of carbonyl (C=O) groups is 1. The van der Waals surface area contributed by atoms with Crippen molar-refractivity contribution in [1.29, 1.82) is 0 Å². The molecule has 3 aromatic heterocycles. The Hall–Kier alpha value is -4.17. The van der Waals surface area contributed by atoms with E-state index in [-0.39, 0.29) is 11.9 Å². The van der Waals surface area contributed by atoms with Crippen LogP contribution in [0.25, 0.3) is 27.6 Å². The summed E-state index contributed by atoms with van der Waals surface area (Å²) in [7, 11) is 0. The summed E-state index contributed by atoms with van der Waals surface area (Å²) in [4.78, 5) is 25.2. The van der Waals surface area contributed by atoms with Crippen LogP contribution >= 0.6 is 0 Å². The fourth-order valence-electron chi connectivity index (χ4n) is 5.05. The standard InChI is InChI=1S/C28H27N7O/c1-19-6-4-7-20-14-17-31-27(25(19)20)34(23-8-2-3-15-29-18-23)28(36)21-10-12-22(13-11-21)35-26-24(32-33-35)9-5-16-30-26/h4-7,9-14,16-17,23,29H,2-3,8,15,18H2,1H3/t23-/m0/s1. The zero-order valence-corrected chi connectivity index (χ0v) is 20.1. The molecule has 4 heterocycles. The second-order valence-electron chi connectivity index (χ2n) is 9.23. The lowest BCUT2D eigenvalue weighted by Crippen LogP contribution is -2.46. The normalized spacial score (nSPS) is 16.2. The molecular formula is C28H27N7O. The molecule has 0 saturated carbocycles. The van der Waals surface area contributed by atoms with Crippen molar-refractivity contribution in [3.63, 3.8) is 0 Å². The van der Waals surface area contributed by atoms with Gasteiger partial charge in [0.2, 0.25) is 0 Å². The summed E-state index contributed by atoms with van der Waals surface area (Å²) in [5.41, 5.74) is 3.92. The Morgan fingerprint density at radius 3 is 2.78 bits per heavy atom. The van der Waals surface area contributed by atoms with Gasteiger partial charge in [-0.05, 0) is 79.7 Å². The Bertz CT molecular complexity index is 1530. The molecule has 2 aromatic carbocycles. The number of amides is 1. The molecule has 1 atom stereocenters. The van der Waals surface area contributed by atoms with Gasteiger partial charge in [-0.15, -0.1) is 5.10 Å². The van der Waals surface area contributed by atoms with E-state index in [9.17, 15) is 4.79 Å². The second kappa shape index (κ2) is 9.47. The predicted molar refractivity (Wildman–Crippen MR) is 140 cm³/mol. The Balaban J connectivity index is 1.41. The first kappa shape index (κ1) is 22.3. The highest BCUT2D eigenvalue weighted by atomic mass is 16.2. The average Bonchev–Trinajstić information content (AvgIpc) is 3.17. The minimum atomic E-state index is -0.0555. The van der Waals surface area contributed by atoms with Crippen molar-refractivity contribution >= 4 is 33.7 Å². The molecule has 6 rings (SSSR count). The van der Waals surface area contributed by atoms with Crippen molar-refractivity contribution in [3.05, 3.63) is 84.2 Å². The van der Waals surface area contributed by atoms with E-state index in [0.717, 1.165) is 65.7 Å². The number of hydrogen-bond acceptors (Lipinski definition) is 6. The third-order valence-corrected chi connectivity index (χ3v) is 6.88. The van der Waals surface area contributed by atoms with Crippen LogP contribution in [0.5, 0.6) is 0 Å².